The van der Waals surface area contributed by atoms with Crippen LogP contribution in [0.2, 0.25) is 0 Å². The molecule has 2 aromatic rings. The van der Waals surface area contributed by atoms with E-state index in [4.69, 9.17) is 4.74 Å². The first kappa shape index (κ1) is 20.5. The number of nitro groups is 1. The normalized spacial score (nSPS) is 10.8. The lowest BCUT2D eigenvalue weighted by molar-refractivity contribution is -0.386. The number of methoxy groups -OCH3 is 1. The van der Waals surface area contributed by atoms with Crippen molar-refractivity contribution >= 4 is 17.7 Å². The van der Waals surface area contributed by atoms with Crippen LogP contribution in [0, 0.1) is 21.4 Å². The van der Waals surface area contributed by atoms with Crippen LogP contribution in [0.5, 0.6) is 11.5 Å². The highest BCUT2D eigenvalue weighted by atomic mass is 16.6. The van der Waals surface area contributed by atoms with Gasteiger partial charge in [0.2, 0.25) is 5.75 Å². The minimum atomic E-state index is -0.773. The van der Waals surface area contributed by atoms with Crippen LogP contribution in [0.3, 0.4) is 0 Å². The predicted octanol–water partition coefficient (Wildman–Crippen LogP) is 2.96. The number of rotatable bonds is 8. The summed E-state index contributed by atoms with van der Waals surface area (Å²) in [5, 5.41) is 32.8. The van der Waals surface area contributed by atoms with Crippen LogP contribution in [-0.4, -0.2) is 29.6 Å². The van der Waals surface area contributed by atoms with Gasteiger partial charge < -0.3 is 15.2 Å². The molecule has 0 aliphatic rings. The molecule has 1 amide bonds. The van der Waals surface area contributed by atoms with E-state index in [1.54, 1.807) is 6.07 Å². The average Bonchev–Trinajstić information content (AvgIpc) is 2.70. The quantitative estimate of drug-likeness (QED) is 0.238. The van der Waals surface area contributed by atoms with Gasteiger partial charge in [-0.1, -0.05) is 30.3 Å². The molecule has 28 heavy (non-hydrogen) atoms. The van der Waals surface area contributed by atoms with Crippen molar-refractivity contribution in [3.05, 3.63) is 69.3 Å². The van der Waals surface area contributed by atoms with E-state index in [9.17, 15) is 25.3 Å². The van der Waals surface area contributed by atoms with Crippen molar-refractivity contribution in [3.63, 3.8) is 0 Å². The Hall–Kier alpha value is -3.86. The molecule has 0 heterocycles. The van der Waals surface area contributed by atoms with Gasteiger partial charge in [0.05, 0.1) is 12.0 Å². The summed E-state index contributed by atoms with van der Waals surface area (Å²) >= 11 is 0. The first-order chi connectivity index (χ1) is 13.5. The number of ether oxygens (including phenoxy) is 1. The summed E-state index contributed by atoms with van der Waals surface area (Å²) in [6.45, 7) is 0.381. The molecule has 0 aromatic heterocycles. The number of nitrogens with one attached hydrogen (secondary N) is 1. The van der Waals surface area contributed by atoms with Crippen molar-refractivity contribution < 1.29 is 19.6 Å². The molecule has 0 radical (unpaired) electrons. The van der Waals surface area contributed by atoms with Crippen molar-refractivity contribution in [3.8, 4) is 17.6 Å². The minimum absolute atomic E-state index is 0.124. The molecule has 0 atom stereocenters. The van der Waals surface area contributed by atoms with Gasteiger partial charge in [-0.2, -0.15) is 5.26 Å². The number of phenols is 1. The van der Waals surface area contributed by atoms with Gasteiger partial charge in [-0.05, 0) is 36.1 Å². The lowest BCUT2D eigenvalue weighted by atomic mass is 10.1. The molecule has 0 unspecified atom stereocenters. The van der Waals surface area contributed by atoms with E-state index in [0.29, 0.717) is 13.0 Å². The number of nitrogens with zero attached hydrogens (tertiary/aromatic N) is 2. The van der Waals surface area contributed by atoms with E-state index in [0.717, 1.165) is 18.1 Å². The molecule has 0 saturated heterocycles. The second kappa shape index (κ2) is 9.73. The SMILES string of the molecule is COc1cc(/C=C(/C#N)C(=O)NCCCc2ccccc2)cc([N+](=O)[O-])c1O. The number of nitro benzene ring substituents is 1. The minimum Gasteiger partial charge on any atom is -0.500 e. The fraction of sp³-hybridized carbons (Fsp3) is 0.200. The van der Waals surface area contributed by atoms with Gasteiger partial charge in [-0.25, -0.2) is 0 Å². The van der Waals surface area contributed by atoms with E-state index in [1.807, 2.05) is 30.3 Å². The van der Waals surface area contributed by atoms with Crippen molar-refractivity contribution in [2.45, 2.75) is 12.8 Å². The molecule has 8 heteroatoms. The summed E-state index contributed by atoms with van der Waals surface area (Å²) < 4.78 is 4.91. The highest BCUT2D eigenvalue weighted by Gasteiger charge is 2.20. The monoisotopic (exact) mass is 381 g/mol. The topological polar surface area (TPSA) is 125 Å². The zero-order valence-corrected chi connectivity index (χ0v) is 15.2. The maximum Gasteiger partial charge on any atom is 0.315 e. The summed E-state index contributed by atoms with van der Waals surface area (Å²) in [6.07, 6.45) is 2.70. The van der Waals surface area contributed by atoms with Gasteiger partial charge in [0.15, 0.2) is 5.75 Å². The number of aryl methyl sites for hydroxylation is 1. The van der Waals surface area contributed by atoms with Gasteiger partial charge in [-0.15, -0.1) is 0 Å². The van der Waals surface area contributed by atoms with Gasteiger partial charge in [0.1, 0.15) is 11.6 Å². The Morgan fingerprint density at radius 3 is 2.68 bits per heavy atom. The molecule has 0 aliphatic carbocycles. The van der Waals surface area contributed by atoms with E-state index < -0.39 is 22.3 Å². The molecule has 0 spiro atoms. The fourth-order valence-electron chi connectivity index (χ4n) is 2.54. The molecule has 0 saturated carbocycles. The van der Waals surface area contributed by atoms with Crippen molar-refractivity contribution in [1.82, 2.24) is 5.32 Å². The molecule has 0 aliphatic heterocycles. The molecule has 2 rings (SSSR count). The Kier molecular flexibility index (Phi) is 7.11. The Labute approximate surface area is 161 Å². The number of hydrogen-bond donors (Lipinski definition) is 2. The maximum absolute atomic E-state index is 12.2. The van der Waals surface area contributed by atoms with E-state index in [-0.39, 0.29) is 16.9 Å². The Balaban J connectivity index is 2.08. The van der Waals surface area contributed by atoms with Crippen molar-refractivity contribution in [2.24, 2.45) is 0 Å². The molecular weight excluding hydrogens is 362 g/mol. The second-order valence-electron chi connectivity index (χ2n) is 5.86. The van der Waals surface area contributed by atoms with Gasteiger partial charge in [0, 0.05) is 12.6 Å². The van der Waals surface area contributed by atoms with E-state index >= 15 is 0 Å². The second-order valence-corrected chi connectivity index (χ2v) is 5.86. The third kappa shape index (κ3) is 5.32. The fourth-order valence-corrected chi connectivity index (χ4v) is 2.54. The smallest absolute Gasteiger partial charge is 0.315 e. The zero-order chi connectivity index (χ0) is 20.5. The van der Waals surface area contributed by atoms with E-state index in [2.05, 4.69) is 5.32 Å². The average molecular weight is 381 g/mol. The molecule has 144 valence electrons. The van der Waals surface area contributed by atoms with Crippen molar-refractivity contribution in [2.75, 3.05) is 13.7 Å². The van der Waals surface area contributed by atoms with Crippen LogP contribution in [0.4, 0.5) is 5.69 Å². The van der Waals surface area contributed by atoms with Crippen LogP contribution >= 0.6 is 0 Å². The molecule has 8 nitrogen and oxygen atoms in total. The molecule has 2 N–H and O–H groups in total. The third-order valence-corrected chi connectivity index (χ3v) is 3.94. The third-order valence-electron chi connectivity index (χ3n) is 3.94. The first-order valence-electron chi connectivity index (χ1n) is 8.45. The number of hydrogen-bond acceptors (Lipinski definition) is 6. The summed E-state index contributed by atoms with van der Waals surface area (Å²) in [6, 6.07) is 14.0. The Morgan fingerprint density at radius 1 is 1.36 bits per heavy atom. The van der Waals surface area contributed by atoms with Crippen LogP contribution in [-0.2, 0) is 11.2 Å². The van der Waals surface area contributed by atoms with Gasteiger partial charge in [0.25, 0.3) is 5.91 Å². The summed E-state index contributed by atoms with van der Waals surface area (Å²) in [4.78, 5) is 22.5. The zero-order valence-electron chi connectivity index (χ0n) is 15.2. The van der Waals surface area contributed by atoms with Crippen molar-refractivity contribution in [1.29, 1.82) is 5.26 Å². The summed E-state index contributed by atoms with van der Waals surface area (Å²) in [5.41, 5.74) is 0.557. The number of aromatic hydroxyl groups is 1. The van der Waals surface area contributed by atoms with Gasteiger partial charge >= 0.3 is 5.69 Å². The molecular formula is C20H19N3O5. The number of nitriles is 1. The Morgan fingerprint density at radius 2 is 2.07 bits per heavy atom. The highest BCUT2D eigenvalue weighted by Crippen LogP contribution is 2.37. The van der Waals surface area contributed by atoms with Crippen LogP contribution < -0.4 is 10.1 Å². The highest BCUT2D eigenvalue weighted by molar-refractivity contribution is 6.01. The van der Waals surface area contributed by atoms with E-state index in [1.165, 1.54) is 19.3 Å². The predicted molar refractivity (Wildman–Crippen MR) is 103 cm³/mol. The van der Waals surface area contributed by atoms with Crippen LogP contribution in [0.25, 0.3) is 6.08 Å². The Bertz CT molecular complexity index is 933. The largest absolute Gasteiger partial charge is 0.500 e. The number of benzene rings is 2. The first-order valence-corrected chi connectivity index (χ1v) is 8.45. The number of phenolic OH excluding ortho intramolecular Hbond substituents is 1. The number of carbonyl (C=O) groups excluding carboxylic acids is 1. The lowest BCUT2D eigenvalue weighted by Crippen LogP contribution is -2.25. The van der Waals surface area contributed by atoms with Gasteiger partial charge in [-0.3, -0.25) is 14.9 Å². The number of amides is 1. The summed E-state index contributed by atoms with van der Waals surface area (Å²) in [7, 11) is 1.25. The molecule has 0 fully saturated rings. The standard InChI is InChI=1S/C20H19N3O5/c1-28-18-12-15(11-17(19(18)24)23(26)27)10-16(13-21)20(25)22-9-5-8-14-6-3-2-4-7-14/h2-4,6-7,10-12,24H,5,8-9H2,1H3,(H,22,25)/b16-10-. The summed E-state index contributed by atoms with van der Waals surface area (Å²) in [5.74, 6) is -1.32. The maximum atomic E-state index is 12.2. The van der Waals surface area contributed by atoms with Crippen LogP contribution in [0.1, 0.15) is 17.5 Å². The number of carbonyl (C=O) groups is 1. The molecule has 0 bridgehead atoms. The lowest BCUT2D eigenvalue weighted by Gasteiger charge is -2.07. The molecule has 2 aromatic carbocycles. The van der Waals surface area contributed by atoms with Crippen LogP contribution in [0.15, 0.2) is 48.0 Å².